The Labute approximate surface area is 531 Å². The zero-order chi connectivity index (χ0) is 61.5. The number of hydrogen-bond acceptors (Lipinski definition) is 3. The first kappa shape index (κ1) is 57.0. The molecule has 0 heterocycles. The highest BCUT2D eigenvalue weighted by atomic mass is 15.2. The quantitative estimate of drug-likeness (QED) is 0.143. The number of rotatable bonds is 9. The standard InChI is InChI=1S/C57H46N2.C23H19N.C7H8/c1-37-27-32-44-47-33-34-48-53-46-25-15-14-24-45(46)52(36-50(53)57(4,5)55(48)54(47)56(2,3)49(44)35-37)59(40-21-10-7-11-22-40)42-30-28-41(29-31-42)58(39-19-8-6-9-20-39)51-26-16-18-38-17-12-13-23-43(38)51;1-18-14-16-21(17-15-18)24(20-10-3-2-4-11-20)23-13-7-9-19-8-5-6-12-22(19)23;1-7-5-3-2-4-6-7/h6-36H,1-5H3;2-17H,1H3;2-6H,1H3. The van der Waals surface area contributed by atoms with Crippen LogP contribution < -0.4 is 14.7 Å². The molecule has 436 valence electrons. The molecule has 0 aromatic heterocycles. The largest absolute Gasteiger partial charge is 0.310 e. The van der Waals surface area contributed by atoms with Crippen molar-refractivity contribution in [1.82, 2.24) is 0 Å². The van der Waals surface area contributed by atoms with Crippen LogP contribution in [0.1, 0.15) is 66.6 Å². The summed E-state index contributed by atoms with van der Waals surface area (Å²) in [6, 6.07) is 114. The van der Waals surface area contributed by atoms with Crippen molar-refractivity contribution in [3.05, 3.63) is 354 Å². The van der Waals surface area contributed by atoms with Gasteiger partial charge in [-0.3, -0.25) is 0 Å². The maximum absolute atomic E-state index is 2.51. The number of para-hydroxylation sites is 3. The Morgan fingerprint density at radius 3 is 1.07 bits per heavy atom. The molecule has 0 saturated carbocycles. The molecule has 3 nitrogen and oxygen atoms in total. The molecule has 0 N–H and O–H groups in total. The van der Waals surface area contributed by atoms with E-state index in [4.69, 9.17) is 0 Å². The number of aryl methyl sites for hydroxylation is 3. The second-order valence-corrected chi connectivity index (χ2v) is 25.1. The van der Waals surface area contributed by atoms with E-state index in [9.17, 15) is 0 Å². The average molecular weight is 1160 g/mol. The lowest BCUT2D eigenvalue weighted by Crippen LogP contribution is -2.24. The second kappa shape index (κ2) is 23.7. The Hall–Kier alpha value is -10.7. The molecule has 16 rings (SSSR count). The molecule has 0 aliphatic heterocycles. The highest BCUT2D eigenvalue weighted by Gasteiger charge is 2.46. The van der Waals surface area contributed by atoms with Crippen molar-refractivity contribution in [3.63, 3.8) is 0 Å². The number of fused-ring (bicyclic) bond motifs is 11. The first-order valence-corrected chi connectivity index (χ1v) is 31.5. The van der Waals surface area contributed by atoms with E-state index in [2.05, 4.69) is 360 Å². The molecule has 0 spiro atoms. The molecule has 90 heavy (non-hydrogen) atoms. The Kier molecular flexibility index (Phi) is 15.0. The van der Waals surface area contributed by atoms with Crippen LogP contribution in [0.2, 0.25) is 0 Å². The van der Waals surface area contributed by atoms with Crippen LogP contribution >= 0.6 is 0 Å². The lowest BCUT2D eigenvalue weighted by molar-refractivity contribution is 0.601. The topological polar surface area (TPSA) is 9.72 Å². The summed E-state index contributed by atoms with van der Waals surface area (Å²) in [5.74, 6) is 0. The molecule has 0 radical (unpaired) electrons. The van der Waals surface area contributed by atoms with Gasteiger partial charge in [-0.25, -0.2) is 0 Å². The van der Waals surface area contributed by atoms with Gasteiger partial charge in [0, 0.05) is 61.1 Å². The van der Waals surface area contributed by atoms with E-state index in [1.54, 1.807) is 0 Å². The summed E-state index contributed by atoms with van der Waals surface area (Å²) in [5, 5.41) is 7.48. The minimum Gasteiger partial charge on any atom is -0.310 e. The molecule has 0 bridgehead atoms. The van der Waals surface area contributed by atoms with Crippen molar-refractivity contribution in [2.45, 2.75) is 59.3 Å². The molecule has 2 aliphatic carbocycles. The van der Waals surface area contributed by atoms with Crippen molar-refractivity contribution in [3.8, 4) is 22.3 Å². The predicted octanol–water partition coefficient (Wildman–Crippen LogP) is 24.5. The van der Waals surface area contributed by atoms with Crippen LogP contribution in [0.5, 0.6) is 0 Å². The first-order valence-electron chi connectivity index (χ1n) is 31.5. The van der Waals surface area contributed by atoms with Crippen molar-refractivity contribution < 1.29 is 0 Å². The highest BCUT2D eigenvalue weighted by Crippen LogP contribution is 2.61. The van der Waals surface area contributed by atoms with Crippen LogP contribution in [0.3, 0.4) is 0 Å². The minimum atomic E-state index is -0.232. The molecular formula is C87H73N3. The minimum absolute atomic E-state index is 0.114. The molecule has 3 heteroatoms. The Morgan fingerprint density at radius 2 is 0.578 bits per heavy atom. The van der Waals surface area contributed by atoms with Gasteiger partial charge in [-0.15, -0.1) is 0 Å². The van der Waals surface area contributed by atoms with Crippen LogP contribution in [0.15, 0.2) is 315 Å². The molecule has 0 atom stereocenters. The van der Waals surface area contributed by atoms with Gasteiger partial charge in [0.15, 0.2) is 0 Å². The van der Waals surface area contributed by atoms with Gasteiger partial charge in [0.25, 0.3) is 0 Å². The predicted molar refractivity (Wildman–Crippen MR) is 385 cm³/mol. The maximum Gasteiger partial charge on any atom is 0.0543 e. The van der Waals surface area contributed by atoms with Crippen molar-refractivity contribution >= 4 is 83.5 Å². The summed E-state index contributed by atoms with van der Waals surface area (Å²) in [5.41, 5.74) is 25.1. The third-order valence-electron chi connectivity index (χ3n) is 18.5. The fourth-order valence-corrected chi connectivity index (χ4v) is 14.1. The van der Waals surface area contributed by atoms with Gasteiger partial charge in [0.05, 0.1) is 17.1 Å². The number of anilines is 9. The van der Waals surface area contributed by atoms with E-state index in [-0.39, 0.29) is 10.8 Å². The summed E-state index contributed by atoms with van der Waals surface area (Å²) in [7, 11) is 0. The van der Waals surface area contributed by atoms with E-state index in [0.717, 1.165) is 34.1 Å². The normalized spacial score (nSPS) is 12.8. The highest BCUT2D eigenvalue weighted by molar-refractivity contribution is 6.11. The smallest absolute Gasteiger partial charge is 0.0543 e. The molecule has 14 aromatic rings. The Bertz CT molecular complexity index is 4890. The van der Waals surface area contributed by atoms with Gasteiger partial charge in [0.2, 0.25) is 0 Å². The lowest BCUT2D eigenvalue weighted by Gasteiger charge is -2.32. The van der Waals surface area contributed by atoms with Crippen molar-refractivity contribution in [1.29, 1.82) is 0 Å². The second-order valence-electron chi connectivity index (χ2n) is 25.1. The van der Waals surface area contributed by atoms with Gasteiger partial charge < -0.3 is 14.7 Å². The fraction of sp³-hybridized carbons (Fsp3) is 0.103. The summed E-state index contributed by atoms with van der Waals surface area (Å²) < 4.78 is 0. The molecule has 2 aliphatic rings. The van der Waals surface area contributed by atoms with E-state index in [1.165, 1.54) is 111 Å². The van der Waals surface area contributed by atoms with Crippen LogP contribution in [0.25, 0.3) is 54.6 Å². The van der Waals surface area contributed by atoms with Gasteiger partial charge in [-0.05, 0) is 172 Å². The van der Waals surface area contributed by atoms with E-state index < -0.39 is 0 Å². The van der Waals surface area contributed by atoms with E-state index in [0.29, 0.717) is 0 Å². The van der Waals surface area contributed by atoms with E-state index >= 15 is 0 Å². The average Bonchev–Trinajstić information content (AvgIpc) is 1.52. The monoisotopic (exact) mass is 1160 g/mol. The van der Waals surface area contributed by atoms with Gasteiger partial charge in [-0.2, -0.15) is 0 Å². The maximum atomic E-state index is 2.51. The Balaban J connectivity index is 0.000000187. The van der Waals surface area contributed by atoms with Crippen LogP contribution in [-0.2, 0) is 10.8 Å². The first-order chi connectivity index (χ1) is 43.9. The molecule has 0 saturated heterocycles. The summed E-state index contributed by atoms with van der Waals surface area (Å²) in [6.07, 6.45) is 0. The van der Waals surface area contributed by atoms with Crippen molar-refractivity contribution in [2.24, 2.45) is 0 Å². The van der Waals surface area contributed by atoms with Gasteiger partial charge >= 0.3 is 0 Å². The van der Waals surface area contributed by atoms with Gasteiger partial charge in [0.1, 0.15) is 0 Å². The molecular weight excluding hydrogens is 1090 g/mol. The van der Waals surface area contributed by atoms with E-state index in [1.807, 2.05) is 18.2 Å². The third kappa shape index (κ3) is 10.4. The summed E-state index contributed by atoms with van der Waals surface area (Å²) in [4.78, 5) is 7.16. The molecule has 0 unspecified atom stereocenters. The van der Waals surface area contributed by atoms with Crippen molar-refractivity contribution in [2.75, 3.05) is 14.7 Å². The molecule has 0 amide bonds. The number of benzene rings is 14. The number of nitrogens with zero attached hydrogens (tertiary/aromatic N) is 3. The zero-order valence-electron chi connectivity index (χ0n) is 52.4. The lowest BCUT2D eigenvalue weighted by atomic mass is 9.72. The summed E-state index contributed by atoms with van der Waals surface area (Å²) >= 11 is 0. The number of hydrogen-bond donors (Lipinski definition) is 0. The Morgan fingerprint density at radius 1 is 0.233 bits per heavy atom. The molecule has 0 fully saturated rings. The van der Waals surface area contributed by atoms with Gasteiger partial charge in [-0.1, -0.05) is 269 Å². The van der Waals surface area contributed by atoms with Crippen LogP contribution in [0, 0.1) is 20.8 Å². The SMILES string of the molecule is Cc1ccc(N(c2ccccc2)c2cccc3ccccc23)cc1.Cc1ccc2c(c1)C(C)(C)c1c-2ccc2c1C(C)(C)c1cc(N(c3ccccc3)c3ccc(N(c4ccccc4)c4cccc5ccccc45)cc3)c3ccccc3c1-2.Cc1ccccc1. The zero-order valence-corrected chi connectivity index (χ0v) is 52.4. The fourth-order valence-electron chi connectivity index (χ4n) is 14.1. The van der Waals surface area contributed by atoms with Crippen LogP contribution in [0.4, 0.5) is 51.2 Å². The third-order valence-corrected chi connectivity index (χ3v) is 18.5. The van der Waals surface area contributed by atoms with Crippen LogP contribution in [-0.4, -0.2) is 0 Å². The molecule has 14 aromatic carbocycles. The summed E-state index contributed by atoms with van der Waals surface area (Å²) in [6.45, 7) is 16.2.